The fourth-order valence-corrected chi connectivity index (χ4v) is 3.08. The van der Waals surface area contributed by atoms with Crippen LogP contribution in [0.3, 0.4) is 0 Å². The lowest BCUT2D eigenvalue weighted by molar-refractivity contribution is -0.121. The summed E-state index contributed by atoms with van der Waals surface area (Å²) in [5.74, 6) is 0.811. The van der Waals surface area contributed by atoms with Gasteiger partial charge in [-0.05, 0) is 57.7 Å². The molecule has 2 amide bonds. The number of benzene rings is 1. The Morgan fingerprint density at radius 3 is 2.43 bits per heavy atom. The molecular weight excluding hydrogens is 380 g/mol. The number of nitrogens with zero attached hydrogens (tertiary/aromatic N) is 1. The molecule has 1 heterocycles. The Hall–Kier alpha value is -1.95. The third kappa shape index (κ3) is 6.89. The lowest BCUT2D eigenvalue weighted by atomic mass is 9.96. The Bertz CT molecular complexity index is 692. The summed E-state index contributed by atoms with van der Waals surface area (Å²) in [7, 11) is 0. The highest BCUT2D eigenvalue weighted by atomic mass is 35.5. The first kappa shape index (κ1) is 22.3. The summed E-state index contributed by atoms with van der Waals surface area (Å²) in [6, 6.07) is 5.26. The van der Waals surface area contributed by atoms with E-state index in [4.69, 9.17) is 21.1 Å². The zero-order valence-electron chi connectivity index (χ0n) is 17.4. The standard InChI is InChI=1S/C21H31ClN2O4/c1-14(2)13-27-18-7-6-16(12-17(18)22)23-19(25)15-8-10-24(11-9-15)20(26)28-21(3,4)5/h6-7,12,14-15H,8-11,13H2,1-5H3,(H,23,25). The Morgan fingerprint density at radius 1 is 1.25 bits per heavy atom. The van der Waals surface area contributed by atoms with Crippen LogP contribution in [-0.4, -0.2) is 42.2 Å². The van der Waals surface area contributed by atoms with E-state index >= 15 is 0 Å². The number of hydrogen-bond donors (Lipinski definition) is 1. The Morgan fingerprint density at radius 2 is 1.89 bits per heavy atom. The molecule has 156 valence electrons. The molecule has 1 aliphatic rings. The molecule has 0 aromatic heterocycles. The van der Waals surface area contributed by atoms with E-state index in [1.54, 1.807) is 23.1 Å². The number of carbonyl (C=O) groups excluding carboxylic acids is 2. The van der Waals surface area contributed by atoms with Crippen LogP contribution in [0, 0.1) is 11.8 Å². The van der Waals surface area contributed by atoms with Crippen LogP contribution in [0.25, 0.3) is 0 Å². The molecule has 0 atom stereocenters. The lowest BCUT2D eigenvalue weighted by Crippen LogP contribution is -2.43. The van der Waals surface area contributed by atoms with E-state index in [0.29, 0.717) is 54.9 Å². The monoisotopic (exact) mass is 410 g/mol. The molecule has 7 heteroatoms. The molecule has 2 rings (SSSR count). The average Bonchev–Trinajstić information content (AvgIpc) is 2.59. The molecule has 0 unspecified atom stereocenters. The Kier molecular flexibility index (Phi) is 7.58. The van der Waals surface area contributed by atoms with Crippen LogP contribution in [0.15, 0.2) is 18.2 Å². The topological polar surface area (TPSA) is 67.9 Å². The van der Waals surface area contributed by atoms with Gasteiger partial charge in [0.25, 0.3) is 0 Å². The first-order chi connectivity index (χ1) is 13.0. The molecule has 1 aliphatic heterocycles. The number of rotatable bonds is 5. The van der Waals surface area contributed by atoms with Gasteiger partial charge in [0.1, 0.15) is 11.4 Å². The minimum absolute atomic E-state index is 0.0595. The maximum absolute atomic E-state index is 12.6. The molecule has 1 aromatic carbocycles. The number of likely N-dealkylation sites (tertiary alicyclic amines) is 1. The second-order valence-electron chi connectivity index (χ2n) is 8.58. The number of piperidine rings is 1. The Balaban J connectivity index is 1.86. The van der Waals surface area contributed by atoms with Crippen LogP contribution in [0.1, 0.15) is 47.5 Å². The number of nitrogens with one attached hydrogen (secondary N) is 1. The van der Waals surface area contributed by atoms with Crippen LogP contribution < -0.4 is 10.1 Å². The lowest BCUT2D eigenvalue weighted by Gasteiger charge is -2.32. The first-order valence-electron chi connectivity index (χ1n) is 9.76. The highest BCUT2D eigenvalue weighted by molar-refractivity contribution is 6.32. The third-order valence-corrected chi connectivity index (χ3v) is 4.58. The number of ether oxygens (including phenoxy) is 2. The van der Waals surface area contributed by atoms with E-state index < -0.39 is 5.60 Å². The minimum Gasteiger partial charge on any atom is -0.492 e. The largest absolute Gasteiger partial charge is 0.492 e. The first-order valence-corrected chi connectivity index (χ1v) is 10.1. The quantitative estimate of drug-likeness (QED) is 0.744. The fraction of sp³-hybridized carbons (Fsp3) is 0.619. The molecule has 0 aliphatic carbocycles. The van der Waals surface area contributed by atoms with Gasteiger partial charge >= 0.3 is 6.09 Å². The van der Waals surface area contributed by atoms with Gasteiger partial charge in [0, 0.05) is 24.7 Å². The van der Waals surface area contributed by atoms with Gasteiger partial charge < -0.3 is 19.7 Å². The summed E-state index contributed by atoms with van der Waals surface area (Å²) >= 11 is 6.25. The highest BCUT2D eigenvalue weighted by Crippen LogP contribution is 2.29. The van der Waals surface area contributed by atoms with Crippen molar-refractivity contribution in [2.24, 2.45) is 11.8 Å². The van der Waals surface area contributed by atoms with E-state index in [1.165, 1.54) is 0 Å². The van der Waals surface area contributed by atoms with Crippen molar-refractivity contribution in [1.82, 2.24) is 4.90 Å². The van der Waals surface area contributed by atoms with Crippen LogP contribution in [0.5, 0.6) is 5.75 Å². The van der Waals surface area contributed by atoms with Gasteiger partial charge in [0.2, 0.25) is 5.91 Å². The van der Waals surface area contributed by atoms with Crippen molar-refractivity contribution in [3.8, 4) is 5.75 Å². The van der Waals surface area contributed by atoms with E-state index in [9.17, 15) is 9.59 Å². The molecule has 1 fully saturated rings. The van der Waals surface area contributed by atoms with Crippen molar-refractivity contribution in [3.05, 3.63) is 23.2 Å². The molecule has 0 bridgehead atoms. The van der Waals surface area contributed by atoms with E-state index in [2.05, 4.69) is 19.2 Å². The average molecular weight is 411 g/mol. The second kappa shape index (κ2) is 9.50. The smallest absolute Gasteiger partial charge is 0.410 e. The van der Waals surface area contributed by atoms with Crippen molar-refractivity contribution in [1.29, 1.82) is 0 Å². The molecule has 1 N–H and O–H groups in total. The van der Waals surface area contributed by atoms with Gasteiger partial charge in [-0.1, -0.05) is 25.4 Å². The molecule has 0 spiro atoms. The summed E-state index contributed by atoms with van der Waals surface area (Å²) in [6.07, 6.45) is 0.887. The van der Waals surface area contributed by atoms with Gasteiger partial charge in [-0.15, -0.1) is 0 Å². The Labute approximate surface area is 172 Å². The number of amides is 2. The summed E-state index contributed by atoms with van der Waals surface area (Å²) in [6.45, 7) is 11.3. The SMILES string of the molecule is CC(C)COc1ccc(NC(=O)C2CCN(C(=O)OC(C)(C)C)CC2)cc1Cl. The van der Waals surface area contributed by atoms with Crippen molar-refractivity contribution in [2.45, 2.75) is 53.1 Å². The van der Waals surface area contributed by atoms with Crippen molar-refractivity contribution >= 4 is 29.3 Å². The molecular formula is C21H31ClN2O4. The maximum atomic E-state index is 12.6. The van der Waals surface area contributed by atoms with E-state index in [1.807, 2.05) is 20.8 Å². The van der Waals surface area contributed by atoms with Gasteiger partial charge in [-0.3, -0.25) is 4.79 Å². The minimum atomic E-state index is -0.518. The number of carbonyl (C=O) groups is 2. The zero-order valence-corrected chi connectivity index (χ0v) is 18.1. The van der Waals surface area contributed by atoms with Gasteiger partial charge in [0.05, 0.1) is 11.6 Å². The van der Waals surface area contributed by atoms with Crippen molar-refractivity contribution in [3.63, 3.8) is 0 Å². The summed E-state index contributed by atoms with van der Waals surface area (Å²) in [5.41, 5.74) is 0.122. The van der Waals surface area contributed by atoms with Gasteiger partial charge in [-0.2, -0.15) is 0 Å². The van der Waals surface area contributed by atoms with Crippen molar-refractivity contribution < 1.29 is 19.1 Å². The normalized spacial score (nSPS) is 15.5. The van der Waals surface area contributed by atoms with Crippen LogP contribution in [0.4, 0.5) is 10.5 Å². The molecule has 6 nitrogen and oxygen atoms in total. The van der Waals surface area contributed by atoms with Crippen LogP contribution >= 0.6 is 11.6 Å². The molecule has 0 saturated carbocycles. The summed E-state index contributed by atoms with van der Waals surface area (Å²) in [5, 5.41) is 3.38. The highest BCUT2D eigenvalue weighted by Gasteiger charge is 2.30. The molecule has 1 aromatic rings. The molecule has 0 radical (unpaired) electrons. The molecule has 28 heavy (non-hydrogen) atoms. The van der Waals surface area contributed by atoms with Crippen LogP contribution in [0.2, 0.25) is 5.02 Å². The van der Waals surface area contributed by atoms with Gasteiger partial charge in [0.15, 0.2) is 0 Å². The predicted molar refractivity (Wildman–Crippen MR) is 111 cm³/mol. The van der Waals surface area contributed by atoms with Crippen molar-refractivity contribution in [2.75, 3.05) is 25.0 Å². The van der Waals surface area contributed by atoms with E-state index in [0.717, 1.165) is 0 Å². The number of halogens is 1. The summed E-state index contributed by atoms with van der Waals surface area (Å²) < 4.78 is 11.0. The van der Waals surface area contributed by atoms with Gasteiger partial charge in [-0.25, -0.2) is 4.79 Å². The maximum Gasteiger partial charge on any atom is 0.410 e. The second-order valence-corrected chi connectivity index (χ2v) is 8.99. The van der Waals surface area contributed by atoms with E-state index in [-0.39, 0.29) is 17.9 Å². The summed E-state index contributed by atoms with van der Waals surface area (Å²) in [4.78, 5) is 26.3. The zero-order chi connectivity index (χ0) is 20.9. The predicted octanol–water partition coefficient (Wildman–Crippen LogP) is 4.96. The number of anilines is 1. The van der Waals surface area contributed by atoms with Crippen LogP contribution in [-0.2, 0) is 9.53 Å². The number of hydrogen-bond acceptors (Lipinski definition) is 4. The fourth-order valence-electron chi connectivity index (χ4n) is 2.85. The molecule has 1 saturated heterocycles. The third-order valence-electron chi connectivity index (χ3n) is 4.29.